The average molecular weight is 355 g/mol. The lowest BCUT2D eigenvalue weighted by molar-refractivity contribution is 0.0789. The number of aromatic nitrogens is 3. The molecule has 0 bridgehead atoms. The Labute approximate surface area is 151 Å². The SMILES string of the molecule is Cn1cnc2c(C(=O)N3CCC(Cc4ccc(Cl)cc4)C3)ccnc21. The molecule has 4 rings (SSSR count). The summed E-state index contributed by atoms with van der Waals surface area (Å²) in [7, 11) is 1.88. The number of imidazole rings is 1. The lowest BCUT2D eigenvalue weighted by atomic mass is 9.99. The Morgan fingerprint density at radius 3 is 2.84 bits per heavy atom. The summed E-state index contributed by atoms with van der Waals surface area (Å²) in [6, 6.07) is 9.73. The first-order valence-corrected chi connectivity index (χ1v) is 8.79. The minimum Gasteiger partial charge on any atom is -0.338 e. The topological polar surface area (TPSA) is 51.0 Å². The number of nitrogens with zero attached hydrogens (tertiary/aromatic N) is 4. The van der Waals surface area contributed by atoms with Gasteiger partial charge < -0.3 is 9.47 Å². The number of fused-ring (bicyclic) bond motifs is 1. The van der Waals surface area contributed by atoms with Crippen molar-refractivity contribution in [2.75, 3.05) is 13.1 Å². The number of carbonyl (C=O) groups is 1. The molecule has 0 aliphatic carbocycles. The molecule has 25 heavy (non-hydrogen) atoms. The fourth-order valence-electron chi connectivity index (χ4n) is 3.51. The number of halogens is 1. The molecule has 1 aliphatic rings. The van der Waals surface area contributed by atoms with Crippen LogP contribution in [0.15, 0.2) is 42.9 Å². The van der Waals surface area contributed by atoms with Gasteiger partial charge in [-0.1, -0.05) is 23.7 Å². The minimum absolute atomic E-state index is 0.0460. The molecule has 1 fully saturated rings. The summed E-state index contributed by atoms with van der Waals surface area (Å²) >= 11 is 5.94. The van der Waals surface area contributed by atoms with Crippen molar-refractivity contribution in [3.63, 3.8) is 0 Å². The van der Waals surface area contributed by atoms with E-state index in [1.54, 1.807) is 18.6 Å². The maximum absolute atomic E-state index is 12.9. The monoisotopic (exact) mass is 354 g/mol. The molecule has 1 saturated heterocycles. The fourth-order valence-corrected chi connectivity index (χ4v) is 3.63. The molecule has 0 N–H and O–H groups in total. The Hall–Kier alpha value is -2.40. The number of hydrogen-bond acceptors (Lipinski definition) is 3. The van der Waals surface area contributed by atoms with Crippen molar-refractivity contribution in [3.05, 3.63) is 59.0 Å². The minimum atomic E-state index is 0.0460. The van der Waals surface area contributed by atoms with Gasteiger partial charge in [-0.15, -0.1) is 0 Å². The van der Waals surface area contributed by atoms with Crippen LogP contribution < -0.4 is 0 Å². The van der Waals surface area contributed by atoms with Gasteiger partial charge in [0.25, 0.3) is 5.91 Å². The van der Waals surface area contributed by atoms with Gasteiger partial charge in [-0.05, 0) is 42.5 Å². The summed E-state index contributed by atoms with van der Waals surface area (Å²) in [5.41, 5.74) is 3.32. The lowest BCUT2D eigenvalue weighted by Gasteiger charge is -2.17. The molecule has 1 unspecified atom stereocenters. The van der Waals surface area contributed by atoms with Crippen LogP contribution in [0.25, 0.3) is 11.2 Å². The molecule has 3 aromatic rings. The Kier molecular flexibility index (Phi) is 4.17. The number of pyridine rings is 1. The van der Waals surface area contributed by atoms with Gasteiger partial charge in [-0.3, -0.25) is 4.79 Å². The number of likely N-dealkylation sites (tertiary alicyclic amines) is 1. The normalized spacial score (nSPS) is 17.4. The van der Waals surface area contributed by atoms with Gasteiger partial charge in [0.15, 0.2) is 5.65 Å². The first kappa shape index (κ1) is 16.1. The van der Waals surface area contributed by atoms with Crippen molar-refractivity contribution in [3.8, 4) is 0 Å². The largest absolute Gasteiger partial charge is 0.338 e. The van der Waals surface area contributed by atoms with Gasteiger partial charge in [0.1, 0.15) is 5.52 Å². The summed E-state index contributed by atoms with van der Waals surface area (Å²) in [6.45, 7) is 1.56. The molecule has 0 saturated carbocycles. The molecule has 6 heteroatoms. The molecule has 2 aromatic heterocycles. The van der Waals surface area contributed by atoms with E-state index in [1.165, 1.54) is 5.56 Å². The predicted octanol–water partition coefficient (Wildman–Crippen LogP) is 3.33. The van der Waals surface area contributed by atoms with E-state index in [-0.39, 0.29) is 5.91 Å². The maximum Gasteiger partial charge on any atom is 0.256 e. The molecular weight excluding hydrogens is 336 g/mol. The highest BCUT2D eigenvalue weighted by Gasteiger charge is 2.28. The van der Waals surface area contributed by atoms with Crippen LogP contribution in [0, 0.1) is 5.92 Å². The highest BCUT2D eigenvalue weighted by Crippen LogP contribution is 2.25. The molecule has 1 aliphatic heterocycles. The number of rotatable bonds is 3. The van der Waals surface area contributed by atoms with Gasteiger partial charge >= 0.3 is 0 Å². The molecule has 3 heterocycles. The van der Waals surface area contributed by atoms with Crippen LogP contribution in [0.3, 0.4) is 0 Å². The molecular formula is C19H19ClN4O. The Bertz CT molecular complexity index is 919. The molecule has 128 valence electrons. The zero-order valence-electron chi connectivity index (χ0n) is 14.0. The third kappa shape index (κ3) is 3.12. The van der Waals surface area contributed by atoms with Crippen LogP contribution in [0.1, 0.15) is 22.3 Å². The summed E-state index contributed by atoms with van der Waals surface area (Å²) in [6.07, 6.45) is 5.36. The molecule has 0 radical (unpaired) electrons. The first-order chi connectivity index (χ1) is 12.1. The zero-order valence-corrected chi connectivity index (χ0v) is 14.8. The quantitative estimate of drug-likeness (QED) is 0.725. The second-order valence-electron chi connectivity index (χ2n) is 6.62. The van der Waals surface area contributed by atoms with E-state index in [9.17, 15) is 4.79 Å². The van der Waals surface area contributed by atoms with Gasteiger partial charge in [0, 0.05) is 31.4 Å². The van der Waals surface area contributed by atoms with Gasteiger partial charge in [0.2, 0.25) is 0 Å². The fraction of sp³-hybridized carbons (Fsp3) is 0.316. The second-order valence-corrected chi connectivity index (χ2v) is 7.06. The van der Waals surface area contributed by atoms with Crippen LogP contribution >= 0.6 is 11.6 Å². The van der Waals surface area contributed by atoms with E-state index >= 15 is 0 Å². The van der Waals surface area contributed by atoms with Crippen molar-refractivity contribution in [1.29, 1.82) is 0 Å². The Balaban J connectivity index is 1.49. The third-order valence-electron chi connectivity index (χ3n) is 4.84. The van der Waals surface area contributed by atoms with Crippen LogP contribution in [-0.4, -0.2) is 38.4 Å². The second kappa shape index (κ2) is 6.48. The number of hydrogen-bond donors (Lipinski definition) is 0. The van der Waals surface area contributed by atoms with Crippen LogP contribution in [0.2, 0.25) is 5.02 Å². The van der Waals surface area contributed by atoms with Crippen molar-refractivity contribution >= 4 is 28.7 Å². The standard InChI is InChI=1S/C19H19ClN4O/c1-23-12-22-17-16(6-8-21-18(17)23)19(25)24-9-7-14(11-24)10-13-2-4-15(20)5-3-13/h2-6,8,12,14H,7,9-11H2,1H3. The van der Waals surface area contributed by atoms with E-state index in [4.69, 9.17) is 11.6 Å². The molecule has 5 nitrogen and oxygen atoms in total. The Morgan fingerprint density at radius 2 is 2.04 bits per heavy atom. The average Bonchev–Trinajstić information content (AvgIpc) is 3.24. The van der Waals surface area contributed by atoms with Gasteiger partial charge in [-0.2, -0.15) is 0 Å². The summed E-state index contributed by atoms with van der Waals surface area (Å²) in [4.78, 5) is 23.5. The number of amides is 1. The van der Waals surface area contributed by atoms with Crippen LogP contribution in [-0.2, 0) is 13.5 Å². The van der Waals surface area contributed by atoms with Gasteiger partial charge in [0.05, 0.1) is 11.9 Å². The molecule has 1 atom stereocenters. The zero-order chi connectivity index (χ0) is 17.4. The molecule has 1 amide bonds. The van der Waals surface area contributed by atoms with Crippen molar-refractivity contribution in [2.24, 2.45) is 13.0 Å². The van der Waals surface area contributed by atoms with E-state index in [1.807, 2.05) is 28.6 Å². The van der Waals surface area contributed by atoms with Crippen LogP contribution in [0.4, 0.5) is 0 Å². The van der Waals surface area contributed by atoms with Crippen molar-refractivity contribution in [1.82, 2.24) is 19.4 Å². The van der Waals surface area contributed by atoms with E-state index in [2.05, 4.69) is 22.1 Å². The third-order valence-corrected chi connectivity index (χ3v) is 5.09. The first-order valence-electron chi connectivity index (χ1n) is 8.41. The molecule has 1 aromatic carbocycles. The summed E-state index contributed by atoms with van der Waals surface area (Å²) in [5, 5.41) is 0.754. The van der Waals surface area contributed by atoms with Crippen LogP contribution in [0.5, 0.6) is 0 Å². The van der Waals surface area contributed by atoms with E-state index in [0.29, 0.717) is 17.0 Å². The predicted molar refractivity (Wildman–Crippen MR) is 97.7 cm³/mol. The van der Waals surface area contributed by atoms with Gasteiger partial charge in [-0.25, -0.2) is 9.97 Å². The summed E-state index contributed by atoms with van der Waals surface area (Å²) < 4.78 is 1.83. The molecule has 0 spiro atoms. The number of carbonyl (C=O) groups excluding carboxylic acids is 1. The van der Waals surface area contributed by atoms with Crippen molar-refractivity contribution in [2.45, 2.75) is 12.8 Å². The highest BCUT2D eigenvalue weighted by molar-refractivity contribution is 6.30. The van der Waals surface area contributed by atoms with Crippen molar-refractivity contribution < 1.29 is 4.79 Å². The smallest absolute Gasteiger partial charge is 0.256 e. The van der Waals surface area contributed by atoms with E-state index in [0.717, 1.165) is 36.6 Å². The Morgan fingerprint density at radius 1 is 1.24 bits per heavy atom. The highest BCUT2D eigenvalue weighted by atomic mass is 35.5. The van der Waals surface area contributed by atoms with E-state index < -0.39 is 0 Å². The number of benzene rings is 1. The number of aryl methyl sites for hydroxylation is 1. The maximum atomic E-state index is 12.9. The summed E-state index contributed by atoms with van der Waals surface area (Å²) in [5.74, 6) is 0.524. The lowest BCUT2D eigenvalue weighted by Crippen LogP contribution is -2.29.